The van der Waals surface area contributed by atoms with Crippen LogP contribution < -0.4 is 0 Å². The van der Waals surface area contributed by atoms with Crippen LogP contribution in [0.2, 0.25) is 0 Å². The number of fused-ring (bicyclic) bond motifs is 1. The molecule has 0 saturated carbocycles. The van der Waals surface area contributed by atoms with Gasteiger partial charge in [-0.1, -0.05) is 24.3 Å². The second-order valence-corrected chi connectivity index (χ2v) is 5.27. The normalized spacial score (nSPS) is 11.4. The van der Waals surface area contributed by atoms with Gasteiger partial charge in [0.2, 0.25) is 0 Å². The van der Waals surface area contributed by atoms with Gasteiger partial charge in [0, 0.05) is 6.54 Å². The predicted octanol–water partition coefficient (Wildman–Crippen LogP) is 3.82. The molecule has 24 heavy (non-hydrogen) atoms. The zero-order valence-electron chi connectivity index (χ0n) is 13.1. The van der Waals surface area contributed by atoms with Gasteiger partial charge in [-0.25, -0.2) is 9.78 Å². The van der Waals surface area contributed by atoms with E-state index in [1.165, 1.54) is 12.1 Å². The molecule has 3 aromatic rings. The number of carbonyl (C=O) groups is 1. The Morgan fingerprint density at radius 3 is 2.58 bits per heavy atom. The molecule has 118 valence electrons. The van der Waals surface area contributed by atoms with Gasteiger partial charge in [0.15, 0.2) is 5.82 Å². The van der Waals surface area contributed by atoms with Crippen molar-refractivity contribution >= 4 is 28.7 Å². The number of allylic oxidation sites excluding steroid dienone is 1. The van der Waals surface area contributed by atoms with Crippen LogP contribution in [0.3, 0.4) is 0 Å². The zero-order chi connectivity index (χ0) is 17.1. The lowest BCUT2D eigenvalue weighted by molar-refractivity contribution is 0.0697. The van der Waals surface area contributed by atoms with Crippen molar-refractivity contribution in [1.29, 1.82) is 5.26 Å². The number of nitriles is 1. The monoisotopic (exact) mass is 317 g/mol. The minimum Gasteiger partial charge on any atom is -0.478 e. The van der Waals surface area contributed by atoms with Gasteiger partial charge in [-0.15, -0.1) is 0 Å². The van der Waals surface area contributed by atoms with Crippen molar-refractivity contribution in [3.63, 3.8) is 0 Å². The van der Waals surface area contributed by atoms with Crippen molar-refractivity contribution in [3.05, 3.63) is 65.5 Å². The van der Waals surface area contributed by atoms with Crippen LogP contribution in [-0.4, -0.2) is 20.6 Å². The Morgan fingerprint density at radius 1 is 1.25 bits per heavy atom. The molecular formula is C19H15N3O2. The SMILES string of the molecule is CCn1c(/C(C#N)=C\c2ccc(C(=O)O)cc2)nc2ccccc21. The molecule has 0 atom stereocenters. The topological polar surface area (TPSA) is 78.9 Å². The van der Waals surface area contributed by atoms with Gasteiger partial charge in [0.25, 0.3) is 0 Å². The molecular weight excluding hydrogens is 302 g/mol. The van der Waals surface area contributed by atoms with Crippen LogP contribution in [0.25, 0.3) is 22.7 Å². The Labute approximate surface area is 139 Å². The fourth-order valence-corrected chi connectivity index (χ4v) is 2.64. The van der Waals surface area contributed by atoms with E-state index >= 15 is 0 Å². The van der Waals surface area contributed by atoms with Crippen LogP contribution in [0, 0.1) is 11.3 Å². The molecule has 0 bridgehead atoms. The molecule has 0 aliphatic carbocycles. The van der Waals surface area contributed by atoms with Crippen LogP contribution in [0.1, 0.15) is 28.7 Å². The summed E-state index contributed by atoms with van der Waals surface area (Å²) in [6, 6.07) is 16.4. The Bertz CT molecular complexity index is 976. The zero-order valence-corrected chi connectivity index (χ0v) is 13.1. The minimum absolute atomic E-state index is 0.214. The van der Waals surface area contributed by atoms with Crippen LogP contribution in [0.5, 0.6) is 0 Å². The highest BCUT2D eigenvalue weighted by Gasteiger charge is 2.13. The van der Waals surface area contributed by atoms with E-state index in [2.05, 4.69) is 11.1 Å². The maximum Gasteiger partial charge on any atom is 0.335 e. The van der Waals surface area contributed by atoms with Crippen LogP contribution >= 0.6 is 0 Å². The number of aromatic nitrogens is 2. The van der Waals surface area contributed by atoms with Gasteiger partial charge < -0.3 is 9.67 Å². The first-order chi connectivity index (χ1) is 11.6. The summed E-state index contributed by atoms with van der Waals surface area (Å²) < 4.78 is 2.00. The van der Waals surface area contributed by atoms with Crippen molar-refractivity contribution in [3.8, 4) is 6.07 Å². The van der Waals surface area contributed by atoms with E-state index < -0.39 is 5.97 Å². The number of hydrogen-bond donors (Lipinski definition) is 1. The first-order valence-corrected chi connectivity index (χ1v) is 7.55. The van der Waals surface area contributed by atoms with E-state index in [1.807, 2.05) is 35.8 Å². The van der Waals surface area contributed by atoms with E-state index in [1.54, 1.807) is 18.2 Å². The molecule has 0 spiro atoms. The van der Waals surface area contributed by atoms with Gasteiger partial charge in [-0.2, -0.15) is 5.26 Å². The Hall–Kier alpha value is -3.39. The summed E-state index contributed by atoms with van der Waals surface area (Å²) in [7, 11) is 0. The molecule has 1 heterocycles. The molecule has 3 rings (SSSR count). The fraction of sp³-hybridized carbons (Fsp3) is 0.105. The Kier molecular flexibility index (Phi) is 4.13. The maximum absolute atomic E-state index is 10.9. The molecule has 5 heteroatoms. The minimum atomic E-state index is -0.973. The van der Waals surface area contributed by atoms with Crippen LogP contribution in [0.15, 0.2) is 48.5 Å². The number of nitrogens with zero attached hydrogens (tertiary/aromatic N) is 3. The first-order valence-electron chi connectivity index (χ1n) is 7.55. The highest BCUT2D eigenvalue weighted by atomic mass is 16.4. The molecule has 0 aliphatic heterocycles. The lowest BCUT2D eigenvalue weighted by atomic mass is 10.1. The first kappa shape index (κ1) is 15.5. The summed E-state index contributed by atoms with van der Waals surface area (Å²) in [5.41, 5.74) is 3.24. The highest BCUT2D eigenvalue weighted by Crippen LogP contribution is 2.23. The highest BCUT2D eigenvalue weighted by molar-refractivity contribution is 5.92. The average Bonchev–Trinajstić information content (AvgIpc) is 2.98. The van der Waals surface area contributed by atoms with Crippen molar-refractivity contribution < 1.29 is 9.90 Å². The van der Waals surface area contributed by atoms with E-state index in [-0.39, 0.29) is 5.56 Å². The third-order valence-corrected chi connectivity index (χ3v) is 3.80. The smallest absolute Gasteiger partial charge is 0.335 e. The van der Waals surface area contributed by atoms with E-state index in [0.29, 0.717) is 17.9 Å². The van der Waals surface area contributed by atoms with E-state index in [4.69, 9.17) is 5.11 Å². The quantitative estimate of drug-likeness (QED) is 0.742. The molecule has 0 fully saturated rings. The number of carboxylic acid groups (broad SMARTS) is 1. The number of benzene rings is 2. The number of para-hydroxylation sites is 2. The Balaban J connectivity index is 2.09. The second kappa shape index (κ2) is 6.39. The van der Waals surface area contributed by atoms with E-state index in [0.717, 1.165) is 16.6 Å². The molecule has 0 saturated heterocycles. The van der Waals surface area contributed by atoms with Crippen LogP contribution in [0.4, 0.5) is 0 Å². The molecule has 0 unspecified atom stereocenters. The van der Waals surface area contributed by atoms with Gasteiger partial charge >= 0.3 is 5.97 Å². The third-order valence-electron chi connectivity index (χ3n) is 3.80. The van der Waals surface area contributed by atoms with Crippen molar-refractivity contribution in [2.45, 2.75) is 13.5 Å². The molecule has 5 nitrogen and oxygen atoms in total. The largest absolute Gasteiger partial charge is 0.478 e. The third kappa shape index (κ3) is 2.77. The number of aromatic carboxylic acids is 1. The molecule has 1 N–H and O–H groups in total. The van der Waals surface area contributed by atoms with Crippen molar-refractivity contribution in [1.82, 2.24) is 9.55 Å². The summed E-state index contributed by atoms with van der Waals surface area (Å²) in [5.74, 6) is -0.359. The second-order valence-electron chi connectivity index (χ2n) is 5.27. The molecule has 1 aromatic heterocycles. The summed E-state index contributed by atoms with van der Waals surface area (Å²) in [4.78, 5) is 15.5. The van der Waals surface area contributed by atoms with Gasteiger partial charge in [0.05, 0.1) is 22.2 Å². The van der Waals surface area contributed by atoms with Crippen LogP contribution in [-0.2, 0) is 6.54 Å². The average molecular weight is 317 g/mol. The van der Waals surface area contributed by atoms with Crippen molar-refractivity contribution in [2.24, 2.45) is 0 Å². The lowest BCUT2D eigenvalue weighted by Gasteiger charge is -2.05. The van der Waals surface area contributed by atoms with Crippen molar-refractivity contribution in [2.75, 3.05) is 0 Å². The number of imidazole rings is 1. The molecule has 0 amide bonds. The molecule has 0 aliphatic rings. The summed E-state index contributed by atoms with van der Waals surface area (Å²) in [5, 5.41) is 18.5. The summed E-state index contributed by atoms with van der Waals surface area (Å²) >= 11 is 0. The lowest BCUT2D eigenvalue weighted by Crippen LogP contribution is -2.00. The summed E-state index contributed by atoms with van der Waals surface area (Å²) in [6.07, 6.45) is 1.72. The van der Waals surface area contributed by atoms with Gasteiger partial charge in [-0.05, 0) is 42.8 Å². The maximum atomic E-state index is 10.9. The fourth-order valence-electron chi connectivity index (χ4n) is 2.64. The van der Waals surface area contributed by atoms with E-state index in [9.17, 15) is 10.1 Å². The summed E-state index contributed by atoms with van der Waals surface area (Å²) in [6.45, 7) is 2.71. The molecule has 0 radical (unpaired) electrons. The number of rotatable bonds is 4. The number of hydrogen-bond acceptors (Lipinski definition) is 3. The molecule has 2 aromatic carbocycles. The Morgan fingerprint density at radius 2 is 1.96 bits per heavy atom. The number of aryl methyl sites for hydroxylation is 1. The van der Waals surface area contributed by atoms with Gasteiger partial charge in [0.1, 0.15) is 6.07 Å². The predicted molar refractivity (Wildman–Crippen MR) is 92.3 cm³/mol. The standard InChI is InChI=1S/C19H15N3O2/c1-2-22-17-6-4-3-5-16(17)21-18(22)15(12-20)11-13-7-9-14(10-8-13)19(23)24/h3-11H,2H2,1H3,(H,23,24)/b15-11-. The number of carboxylic acids is 1. The van der Waals surface area contributed by atoms with Gasteiger partial charge in [-0.3, -0.25) is 0 Å².